The Hall–Kier alpha value is -2.13. The Balaban J connectivity index is 1.94. The average Bonchev–Trinajstić information content (AvgIpc) is 2.49. The third kappa shape index (κ3) is 2.84. The van der Waals surface area contributed by atoms with Crippen molar-refractivity contribution in [3.8, 4) is 11.5 Å². The molecule has 4 N–H and O–H groups in total. The lowest BCUT2D eigenvalue weighted by Crippen LogP contribution is -2.58. The van der Waals surface area contributed by atoms with Gasteiger partial charge in [0.1, 0.15) is 46.5 Å². The third-order valence-electron chi connectivity index (χ3n) is 3.97. The molecule has 0 aliphatic carbocycles. The summed E-state index contributed by atoms with van der Waals surface area (Å²) in [5, 5.41) is 39.5. The average molecular weight is 338 g/mol. The van der Waals surface area contributed by atoms with E-state index in [0.717, 1.165) is 0 Å². The van der Waals surface area contributed by atoms with Gasteiger partial charge in [0.2, 0.25) is 6.29 Å². The summed E-state index contributed by atoms with van der Waals surface area (Å²) in [7, 11) is 0. The van der Waals surface area contributed by atoms with Crippen LogP contribution in [-0.4, -0.2) is 51.1 Å². The van der Waals surface area contributed by atoms with Crippen molar-refractivity contribution in [1.29, 1.82) is 0 Å². The van der Waals surface area contributed by atoms with Gasteiger partial charge >= 0.3 is 0 Å². The van der Waals surface area contributed by atoms with Gasteiger partial charge in [0, 0.05) is 18.2 Å². The van der Waals surface area contributed by atoms with Crippen LogP contribution in [0.1, 0.15) is 12.7 Å². The van der Waals surface area contributed by atoms with E-state index >= 15 is 0 Å². The SMILES string of the molecule is Cc1cc(=O)c2c(O)cc(O[C@@H]3O[C@@H](C)[C@H](O)[C@@H](O)[C@H]3O)cc2o1. The minimum absolute atomic E-state index is 0.0156. The summed E-state index contributed by atoms with van der Waals surface area (Å²) >= 11 is 0. The topological polar surface area (TPSA) is 130 Å². The molecule has 1 aliphatic rings. The molecular formula is C16H18O8. The molecule has 1 aliphatic heterocycles. The molecule has 1 fully saturated rings. The standard InChI is InChI=1S/C16H18O8/c1-6-3-9(17)12-10(18)4-8(5-11(12)22-6)24-16-15(21)14(20)13(19)7(2)23-16/h3-5,7,13-16,18-21H,1-2H3/t7-,13-,14+,15+,16-/m0/s1. The molecule has 0 unspecified atom stereocenters. The van der Waals surface area contributed by atoms with Gasteiger partial charge in [-0.1, -0.05) is 0 Å². The fraction of sp³-hybridized carbons (Fsp3) is 0.438. The first-order valence-electron chi connectivity index (χ1n) is 7.41. The van der Waals surface area contributed by atoms with Crippen molar-refractivity contribution < 1.29 is 34.3 Å². The Morgan fingerprint density at radius 3 is 2.50 bits per heavy atom. The Kier molecular flexibility index (Phi) is 4.22. The molecule has 1 aromatic heterocycles. The second-order valence-electron chi connectivity index (χ2n) is 5.84. The second-order valence-corrected chi connectivity index (χ2v) is 5.84. The monoisotopic (exact) mass is 338 g/mol. The van der Waals surface area contributed by atoms with Crippen molar-refractivity contribution in [1.82, 2.24) is 0 Å². The summed E-state index contributed by atoms with van der Waals surface area (Å²) < 4.78 is 16.2. The molecule has 5 atom stereocenters. The van der Waals surface area contributed by atoms with E-state index in [1.54, 1.807) is 6.92 Å². The molecule has 8 nitrogen and oxygen atoms in total. The molecule has 1 aromatic carbocycles. The van der Waals surface area contributed by atoms with E-state index in [2.05, 4.69) is 0 Å². The number of ether oxygens (including phenoxy) is 2. The number of phenolic OH excluding ortho intramolecular Hbond substituents is 1. The number of hydrogen-bond acceptors (Lipinski definition) is 8. The number of aliphatic hydroxyl groups is 3. The number of aromatic hydroxyl groups is 1. The van der Waals surface area contributed by atoms with Crippen molar-refractivity contribution in [3.05, 3.63) is 34.2 Å². The summed E-state index contributed by atoms with van der Waals surface area (Å²) in [6, 6.07) is 3.82. The number of fused-ring (bicyclic) bond motifs is 1. The number of rotatable bonds is 2. The van der Waals surface area contributed by atoms with E-state index in [0.29, 0.717) is 5.76 Å². The molecule has 2 aromatic rings. The molecule has 0 amide bonds. The molecule has 0 radical (unpaired) electrons. The minimum Gasteiger partial charge on any atom is -0.507 e. The first-order chi connectivity index (χ1) is 11.3. The van der Waals surface area contributed by atoms with Crippen molar-refractivity contribution >= 4 is 11.0 Å². The van der Waals surface area contributed by atoms with Crippen LogP contribution in [0, 0.1) is 6.92 Å². The van der Waals surface area contributed by atoms with Crippen LogP contribution in [0.15, 0.2) is 27.4 Å². The zero-order valence-corrected chi connectivity index (χ0v) is 13.0. The number of aryl methyl sites for hydroxylation is 1. The van der Waals surface area contributed by atoms with Gasteiger partial charge in [0.05, 0.1) is 6.10 Å². The fourth-order valence-electron chi connectivity index (χ4n) is 2.68. The number of phenols is 1. The normalized spacial score (nSPS) is 30.5. The zero-order chi connectivity index (χ0) is 17.6. The number of hydrogen-bond donors (Lipinski definition) is 4. The molecule has 3 rings (SSSR count). The van der Waals surface area contributed by atoms with Crippen molar-refractivity contribution in [2.24, 2.45) is 0 Å². The quantitative estimate of drug-likeness (QED) is 0.603. The predicted molar refractivity (Wildman–Crippen MR) is 81.9 cm³/mol. The van der Waals surface area contributed by atoms with Crippen LogP contribution in [0.3, 0.4) is 0 Å². The summed E-state index contributed by atoms with van der Waals surface area (Å²) in [6.07, 6.45) is -6.19. The molecule has 0 saturated carbocycles. The van der Waals surface area contributed by atoms with Gasteiger partial charge in [-0.2, -0.15) is 0 Å². The highest BCUT2D eigenvalue weighted by Crippen LogP contribution is 2.31. The van der Waals surface area contributed by atoms with E-state index in [1.807, 2.05) is 0 Å². The first-order valence-corrected chi connectivity index (χ1v) is 7.41. The van der Waals surface area contributed by atoms with Crippen LogP contribution in [0.4, 0.5) is 0 Å². The smallest absolute Gasteiger partial charge is 0.229 e. The largest absolute Gasteiger partial charge is 0.507 e. The maximum absolute atomic E-state index is 11.9. The molecule has 24 heavy (non-hydrogen) atoms. The predicted octanol–water partition coefficient (Wildman–Crippen LogP) is 0.0133. The molecule has 1 saturated heterocycles. The summed E-state index contributed by atoms with van der Waals surface area (Å²) in [4.78, 5) is 11.9. The lowest BCUT2D eigenvalue weighted by Gasteiger charge is -2.38. The maximum Gasteiger partial charge on any atom is 0.229 e. The zero-order valence-electron chi connectivity index (χ0n) is 13.0. The Morgan fingerprint density at radius 1 is 1.08 bits per heavy atom. The van der Waals surface area contributed by atoms with Gasteiger partial charge < -0.3 is 34.3 Å². The molecule has 2 heterocycles. The first kappa shape index (κ1) is 16.7. The highest BCUT2D eigenvalue weighted by Gasteiger charge is 2.43. The van der Waals surface area contributed by atoms with E-state index < -0.39 is 30.7 Å². The van der Waals surface area contributed by atoms with Crippen molar-refractivity contribution in [2.75, 3.05) is 0 Å². The van der Waals surface area contributed by atoms with Crippen molar-refractivity contribution in [2.45, 2.75) is 44.6 Å². The Labute approximate surface area is 136 Å². The number of benzene rings is 1. The van der Waals surface area contributed by atoms with Crippen molar-refractivity contribution in [3.63, 3.8) is 0 Å². The Bertz CT molecular complexity index is 814. The van der Waals surface area contributed by atoms with Gasteiger partial charge in [-0.25, -0.2) is 0 Å². The van der Waals surface area contributed by atoms with Crippen LogP contribution in [-0.2, 0) is 4.74 Å². The van der Waals surface area contributed by atoms with Gasteiger partial charge in [-0.3, -0.25) is 4.79 Å². The summed E-state index contributed by atoms with van der Waals surface area (Å²) in [5.41, 5.74) is -0.271. The van der Waals surface area contributed by atoms with E-state index in [-0.39, 0.29) is 27.9 Å². The van der Waals surface area contributed by atoms with E-state index in [9.17, 15) is 25.2 Å². The van der Waals surface area contributed by atoms with Crippen LogP contribution in [0.25, 0.3) is 11.0 Å². The fourth-order valence-corrected chi connectivity index (χ4v) is 2.68. The summed E-state index contributed by atoms with van der Waals surface area (Å²) in [6.45, 7) is 3.12. The maximum atomic E-state index is 11.9. The second kappa shape index (κ2) is 6.06. The summed E-state index contributed by atoms with van der Waals surface area (Å²) in [5.74, 6) is 0.105. The van der Waals surface area contributed by atoms with Crippen LogP contribution < -0.4 is 10.2 Å². The molecule has 8 heteroatoms. The van der Waals surface area contributed by atoms with Crippen LogP contribution in [0.5, 0.6) is 11.5 Å². The molecule has 0 bridgehead atoms. The lowest BCUT2D eigenvalue weighted by atomic mass is 10.00. The van der Waals surface area contributed by atoms with Gasteiger partial charge in [0.15, 0.2) is 5.43 Å². The van der Waals surface area contributed by atoms with E-state index in [4.69, 9.17) is 13.9 Å². The molecule has 130 valence electrons. The van der Waals surface area contributed by atoms with Gasteiger partial charge in [-0.15, -0.1) is 0 Å². The van der Waals surface area contributed by atoms with E-state index in [1.165, 1.54) is 25.1 Å². The van der Waals surface area contributed by atoms with Crippen LogP contribution >= 0.6 is 0 Å². The Morgan fingerprint density at radius 2 is 1.79 bits per heavy atom. The molecular weight excluding hydrogens is 320 g/mol. The van der Waals surface area contributed by atoms with Gasteiger partial charge in [0.25, 0.3) is 0 Å². The highest BCUT2D eigenvalue weighted by atomic mass is 16.7. The highest BCUT2D eigenvalue weighted by molar-refractivity contribution is 5.84. The van der Waals surface area contributed by atoms with Crippen LogP contribution in [0.2, 0.25) is 0 Å². The molecule has 0 spiro atoms. The lowest BCUT2D eigenvalue weighted by molar-refractivity contribution is -0.268. The number of aliphatic hydroxyl groups excluding tert-OH is 3. The van der Waals surface area contributed by atoms with Gasteiger partial charge in [-0.05, 0) is 13.8 Å². The third-order valence-corrected chi connectivity index (χ3v) is 3.97. The minimum atomic E-state index is -1.49.